The third kappa shape index (κ3) is 3.05. The first kappa shape index (κ1) is 13.4. The average Bonchev–Trinajstić information content (AvgIpc) is 2.39. The van der Waals surface area contributed by atoms with Crippen molar-refractivity contribution in [3.63, 3.8) is 0 Å². The Labute approximate surface area is 112 Å². The molecule has 0 radical (unpaired) electrons. The number of anilines is 1. The van der Waals surface area contributed by atoms with E-state index in [0.717, 1.165) is 18.4 Å². The van der Waals surface area contributed by atoms with Crippen molar-refractivity contribution in [2.24, 2.45) is 0 Å². The largest absolute Gasteiger partial charge is 0.352 e. The fraction of sp³-hybridized carbons (Fsp3) is 0.429. The van der Waals surface area contributed by atoms with Gasteiger partial charge in [0, 0.05) is 23.8 Å². The van der Waals surface area contributed by atoms with Crippen LogP contribution in [0.2, 0.25) is 0 Å². The van der Waals surface area contributed by atoms with E-state index < -0.39 is 0 Å². The van der Waals surface area contributed by atoms with Crippen LogP contribution in [-0.4, -0.2) is 24.5 Å². The van der Waals surface area contributed by atoms with Crippen molar-refractivity contribution in [1.29, 1.82) is 0 Å². The Morgan fingerprint density at radius 1 is 1.47 bits per heavy atom. The second-order valence-electron chi connectivity index (χ2n) is 4.75. The van der Waals surface area contributed by atoms with Crippen LogP contribution >= 0.6 is 0 Å². The molecule has 0 aliphatic carbocycles. The van der Waals surface area contributed by atoms with Crippen LogP contribution in [-0.2, 0) is 6.42 Å². The van der Waals surface area contributed by atoms with Crippen molar-refractivity contribution in [3.8, 4) is 0 Å². The number of amides is 3. The van der Waals surface area contributed by atoms with Gasteiger partial charge in [-0.15, -0.1) is 0 Å². The number of carbonyl (C=O) groups is 2. The van der Waals surface area contributed by atoms with Crippen molar-refractivity contribution < 1.29 is 9.59 Å². The second kappa shape index (κ2) is 5.73. The quantitative estimate of drug-likeness (QED) is 0.777. The Hall–Kier alpha value is -2.04. The topological polar surface area (TPSA) is 70.2 Å². The van der Waals surface area contributed by atoms with Gasteiger partial charge >= 0.3 is 6.03 Å². The van der Waals surface area contributed by atoms with Gasteiger partial charge in [-0.25, -0.2) is 4.79 Å². The Bertz CT molecular complexity index is 499. The SMILES string of the molecule is CCC(C)NC(=O)Nc1cccc2c1CCNC2=O. The number of benzene rings is 1. The summed E-state index contributed by atoms with van der Waals surface area (Å²) in [6.45, 7) is 4.57. The molecule has 102 valence electrons. The summed E-state index contributed by atoms with van der Waals surface area (Å²) in [7, 11) is 0. The first-order valence-electron chi connectivity index (χ1n) is 6.59. The lowest BCUT2D eigenvalue weighted by molar-refractivity contribution is 0.0946. The van der Waals surface area contributed by atoms with Gasteiger partial charge in [-0.2, -0.15) is 0 Å². The molecule has 2 rings (SSSR count). The highest BCUT2D eigenvalue weighted by Gasteiger charge is 2.19. The van der Waals surface area contributed by atoms with Gasteiger partial charge in [-0.3, -0.25) is 4.79 Å². The number of hydrogen-bond acceptors (Lipinski definition) is 2. The molecule has 1 aliphatic heterocycles. The molecule has 1 atom stereocenters. The molecule has 0 bridgehead atoms. The van der Waals surface area contributed by atoms with Crippen LogP contribution in [0.4, 0.5) is 10.5 Å². The molecule has 3 N–H and O–H groups in total. The van der Waals surface area contributed by atoms with E-state index in [1.807, 2.05) is 19.9 Å². The minimum Gasteiger partial charge on any atom is -0.352 e. The maximum absolute atomic E-state index is 11.8. The van der Waals surface area contributed by atoms with Crippen LogP contribution in [0.25, 0.3) is 0 Å². The Morgan fingerprint density at radius 2 is 2.26 bits per heavy atom. The molecule has 0 fully saturated rings. The van der Waals surface area contributed by atoms with Crippen LogP contribution in [0.15, 0.2) is 18.2 Å². The molecular weight excluding hydrogens is 242 g/mol. The van der Waals surface area contributed by atoms with Crippen LogP contribution < -0.4 is 16.0 Å². The van der Waals surface area contributed by atoms with Crippen molar-refractivity contribution in [2.75, 3.05) is 11.9 Å². The minimum absolute atomic E-state index is 0.0766. The molecular formula is C14H19N3O2. The van der Waals surface area contributed by atoms with E-state index in [-0.39, 0.29) is 18.0 Å². The number of fused-ring (bicyclic) bond motifs is 1. The van der Waals surface area contributed by atoms with Crippen LogP contribution in [0.1, 0.15) is 36.2 Å². The van der Waals surface area contributed by atoms with Gasteiger partial charge in [-0.1, -0.05) is 13.0 Å². The van der Waals surface area contributed by atoms with E-state index in [9.17, 15) is 9.59 Å². The molecule has 1 aromatic rings. The first-order valence-corrected chi connectivity index (χ1v) is 6.59. The van der Waals surface area contributed by atoms with Gasteiger partial charge in [0.15, 0.2) is 0 Å². The molecule has 3 amide bonds. The lowest BCUT2D eigenvalue weighted by Crippen LogP contribution is -2.37. The fourth-order valence-corrected chi connectivity index (χ4v) is 2.07. The van der Waals surface area contributed by atoms with Gasteiger partial charge in [0.25, 0.3) is 5.91 Å². The summed E-state index contributed by atoms with van der Waals surface area (Å²) in [5.74, 6) is -0.0766. The number of nitrogens with one attached hydrogen (secondary N) is 3. The Balaban J connectivity index is 2.15. The van der Waals surface area contributed by atoms with Crippen molar-refractivity contribution in [2.45, 2.75) is 32.7 Å². The van der Waals surface area contributed by atoms with Gasteiger partial charge in [-0.05, 0) is 37.5 Å². The van der Waals surface area contributed by atoms with Crippen LogP contribution in [0.3, 0.4) is 0 Å². The highest BCUT2D eigenvalue weighted by atomic mass is 16.2. The van der Waals surface area contributed by atoms with Gasteiger partial charge in [0.05, 0.1) is 0 Å². The minimum atomic E-state index is -0.228. The molecule has 19 heavy (non-hydrogen) atoms. The van der Waals surface area contributed by atoms with E-state index in [2.05, 4.69) is 16.0 Å². The molecule has 0 aromatic heterocycles. The van der Waals surface area contributed by atoms with E-state index in [0.29, 0.717) is 17.8 Å². The summed E-state index contributed by atoms with van der Waals surface area (Å²) in [6, 6.07) is 5.29. The van der Waals surface area contributed by atoms with E-state index in [4.69, 9.17) is 0 Å². The number of hydrogen-bond donors (Lipinski definition) is 3. The molecule has 1 aromatic carbocycles. The molecule has 0 saturated heterocycles. The first-order chi connectivity index (χ1) is 9.11. The molecule has 5 heteroatoms. The van der Waals surface area contributed by atoms with Crippen molar-refractivity contribution >= 4 is 17.6 Å². The monoisotopic (exact) mass is 261 g/mol. The van der Waals surface area contributed by atoms with Gasteiger partial charge in [0.2, 0.25) is 0 Å². The maximum Gasteiger partial charge on any atom is 0.319 e. The van der Waals surface area contributed by atoms with Gasteiger partial charge in [0.1, 0.15) is 0 Å². The highest BCUT2D eigenvalue weighted by Crippen LogP contribution is 2.23. The molecule has 1 aliphatic rings. The normalized spacial score (nSPS) is 15.2. The van der Waals surface area contributed by atoms with Crippen molar-refractivity contribution in [1.82, 2.24) is 10.6 Å². The zero-order chi connectivity index (χ0) is 13.8. The zero-order valence-corrected chi connectivity index (χ0v) is 11.2. The average molecular weight is 261 g/mol. The van der Waals surface area contributed by atoms with E-state index in [1.165, 1.54) is 0 Å². The predicted molar refractivity (Wildman–Crippen MR) is 74.4 cm³/mol. The molecule has 1 heterocycles. The summed E-state index contributed by atoms with van der Waals surface area (Å²) in [5.41, 5.74) is 2.27. The van der Waals surface area contributed by atoms with E-state index in [1.54, 1.807) is 12.1 Å². The zero-order valence-electron chi connectivity index (χ0n) is 11.2. The van der Waals surface area contributed by atoms with E-state index >= 15 is 0 Å². The molecule has 0 saturated carbocycles. The Morgan fingerprint density at radius 3 is 3.00 bits per heavy atom. The summed E-state index contributed by atoms with van der Waals surface area (Å²) < 4.78 is 0. The maximum atomic E-state index is 11.8. The summed E-state index contributed by atoms with van der Waals surface area (Å²) in [6.07, 6.45) is 1.61. The second-order valence-corrected chi connectivity index (χ2v) is 4.75. The number of rotatable bonds is 3. The van der Waals surface area contributed by atoms with Gasteiger partial charge < -0.3 is 16.0 Å². The fourth-order valence-electron chi connectivity index (χ4n) is 2.07. The number of carbonyl (C=O) groups excluding carboxylic acids is 2. The summed E-state index contributed by atoms with van der Waals surface area (Å²) in [5, 5.41) is 8.46. The van der Waals surface area contributed by atoms with Crippen LogP contribution in [0, 0.1) is 0 Å². The summed E-state index contributed by atoms with van der Waals surface area (Å²) in [4.78, 5) is 23.5. The Kier molecular flexibility index (Phi) is 4.04. The third-order valence-electron chi connectivity index (χ3n) is 3.32. The highest BCUT2D eigenvalue weighted by molar-refractivity contribution is 6.00. The standard InChI is InChI=1S/C14H19N3O2/c1-3-9(2)16-14(19)17-12-6-4-5-11-10(12)7-8-15-13(11)18/h4-6,9H,3,7-8H2,1-2H3,(H,15,18)(H2,16,17,19). The molecule has 0 spiro atoms. The third-order valence-corrected chi connectivity index (χ3v) is 3.32. The molecule has 1 unspecified atom stereocenters. The smallest absolute Gasteiger partial charge is 0.319 e. The van der Waals surface area contributed by atoms with Crippen LogP contribution in [0.5, 0.6) is 0 Å². The number of urea groups is 1. The lowest BCUT2D eigenvalue weighted by Gasteiger charge is -2.20. The lowest BCUT2D eigenvalue weighted by atomic mass is 9.98. The predicted octanol–water partition coefficient (Wildman–Crippen LogP) is 1.89. The molecule has 5 nitrogen and oxygen atoms in total. The van der Waals surface area contributed by atoms with Crippen molar-refractivity contribution in [3.05, 3.63) is 29.3 Å². The summed E-state index contributed by atoms with van der Waals surface area (Å²) >= 11 is 0.